The molecule has 1 aliphatic carbocycles. The Kier molecular flexibility index (Phi) is 5.00. The lowest BCUT2D eigenvalue weighted by atomic mass is 9.79. The van der Waals surface area contributed by atoms with Crippen molar-refractivity contribution in [3.05, 3.63) is 8.83 Å². The number of amides is 2. The zero-order valence-electron chi connectivity index (χ0n) is 15.5. The standard InChI is InChI=1S/C18H24N4O4S2/c23-16-10-7-12-13(26-9-25-12)8-11(10)22-15(20-16)14(28-18(22)27)17(24)19-3-6-21-4-1-2-5-21/h10-13H,1-9H2,(H,19,24)(H,20,23). The molecule has 0 aromatic carbocycles. The molecule has 1 aromatic rings. The maximum atomic E-state index is 12.8. The van der Waals surface area contributed by atoms with Crippen LogP contribution in [0.25, 0.3) is 0 Å². The molecule has 4 unspecified atom stereocenters. The Labute approximate surface area is 172 Å². The maximum absolute atomic E-state index is 12.8. The monoisotopic (exact) mass is 424 g/mol. The van der Waals surface area contributed by atoms with Crippen molar-refractivity contribution in [1.29, 1.82) is 0 Å². The number of carbonyl (C=O) groups excluding carboxylic acids is 2. The Hall–Kier alpha value is -1.33. The highest BCUT2D eigenvalue weighted by Crippen LogP contribution is 2.45. The van der Waals surface area contributed by atoms with Gasteiger partial charge in [0.1, 0.15) is 17.5 Å². The quantitative estimate of drug-likeness (QED) is 0.717. The number of anilines is 1. The van der Waals surface area contributed by atoms with E-state index in [0.717, 1.165) is 19.6 Å². The third-order valence-corrected chi connectivity index (χ3v) is 7.67. The van der Waals surface area contributed by atoms with Crippen molar-refractivity contribution >= 4 is 41.2 Å². The van der Waals surface area contributed by atoms with Crippen molar-refractivity contribution in [2.75, 3.05) is 38.3 Å². The SMILES string of the molecule is O=C(NCCN1CCCC1)c1sc(=S)n2c1NC(=O)C1CC3OCOC3CC12. The van der Waals surface area contributed by atoms with Gasteiger partial charge in [-0.25, -0.2) is 0 Å². The number of aromatic nitrogens is 1. The van der Waals surface area contributed by atoms with Gasteiger partial charge in [-0.3, -0.25) is 9.59 Å². The van der Waals surface area contributed by atoms with E-state index in [1.54, 1.807) is 0 Å². The Morgan fingerprint density at radius 3 is 2.79 bits per heavy atom. The second-order valence-corrected chi connectivity index (χ2v) is 9.53. The molecule has 2 amide bonds. The van der Waals surface area contributed by atoms with E-state index in [9.17, 15) is 9.59 Å². The van der Waals surface area contributed by atoms with E-state index < -0.39 is 0 Å². The zero-order valence-corrected chi connectivity index (χ0v) is 17.2. The summed E-state index contributed by atoms with van der Waals surface area (Å²) in [7, 11) is 0. The molecule has 4 atom stereocenters. The summed E-state index contributed by atoms with van der Waals surface area (Å²) in [6.45, 7) is 3.93. The summed E-state index contributed by atoms with van der Waals surface area (Å²) < 4.78 is 13.8. The number of nitrogens with zero attached hydrogens (tertiary/aromatic N) is 2. The van der Waals surface area contributed by atoms with Crippen LogP contribution in [0.2, 0.25) is 0 Å². The molecule has 3 fully saturated rings. The molecular weight excluding hydrogens is 400 g/mol. The third kappa shape index (κ3) is 3.21. The summed E-state index contributed by atoms with van der Waals surface area (Å²) in [5, 5.41) is 5.93. The predicted octanol–water partition coefficient (Wildman–Crippen LogP) is 1.75. The van der Waals surface area contributed by atoms with Crippen molar-refractivity contribution in [1.82, 2.24) is 14.8 Å². The molecule has 3 aliphatic heterocycles. The summed E-state index contributed by atoms with van der Waals surface area (Å²) in [4.78, 5) is 28.4. The fourth-order valence-corrected chi connectivity index (χ4v) is 6.21. The zero-order chi connectivity index (χ0) is 19.3. The molecule has 1 aromatic heterocycles. The van der Waals surface area contributed by atoms with Gasteiger partial charge in [0.15, 0.2) is 3.95 Å². The van der Waals surface area contributed by atoms with Crippen molar-refractivity contribution in [3.63, 3.8) is 0 Å². The first-order valence-corrected chi connectivity index (χ1v) is 11.1. The van der Waals surface area contributed by atoms with Gasteiger partial charge in [0.05, 0.1) is 24.2 Å². The third-order valence-electron chi connectivity index (χ3n) is 6.27. The minimum atomic E-state index is -0.206. The van der Waals surface area contributed by atoms with Crippen LogP contribution in [0.5, 0.6) is 0 Å². The van der Waals surface area contributed by atoms with Crippen molar-refractivity contribution in [2.24, 2.45) is 5.92 Å². The van der Waals surface area contributed by atoms with Crippen LogP contribution in [0.15, 0.2) is 0 Å². The van der Waals surface area contributed by atoms with Gasteiger partial charge in [0.25, 0.3) is 5.91 Å². The number of carbonyl (C=O) groups is 2. The van der Waals surface area contributed by atoms with Crippen molar-refractivity contribution < 1.29 is 19.1 Å². The molecule has 0 radical (unpaired) electrons. The number of fused-ring (bicyclic) bond motifs is 4. The van der Waals surface area contributed by atoms with Crippen LogP contribution in [0.3, 0.4) is 0 Å². The molecule has 152 valence electrons. The van der Waals surface area contributed by atoms with Crippen LogP contribution in [-0.2, 0) is 14.3 Å². The molecule has 0 spiro atoms. The molecule has 2 saturated heterocycles. The Bertz CT molecular complexity index is 847. The van der Waals surface area contributed by atoms with Gasteiger partial charge >= 0.3 is 0 Å². The summed E-state index contributed by atoms with van der Waals surface area (Å²) in [5.41, 5.74) is 0. The van der Waals surface area contributed by atoms with E-state index in [2.05, 4.69) is 15.5 Å². The van der Waals surface area contributed by atoms with Crippen molar-refractivity contribution in [3.8, 4) is 0 Å². The van der Waals surface area contributed by atoms with Crippen molar-refractivity contribution in [2.45, 2.75) is 43.9 Å². The minimum absolute atomic E-state index is 0.0143. The van der Waals surface area contributed by atoms with Crippen LogP contribution >= 0.6 is 23.6 Å². The molecule has 1 saturated carbocycles. The first kappa shape index (κ1) is 18.7. The van der Waals surface area contributed by atoms with Gasteiger partial charge in [-0.15, -0.1) is 0 Å². The lowest BCUT2D eigenvalue weighted by molar-refractivity contribution is -0.125. The maximum Gasteiger partial charge on any atom is 0.265 e. The number of ether oxygens (including phenoxy) is 2. The molecule has 4 aliphatic rings. The number of rotatable bonds is 4. The highest BCUT2D eigenvalue weighted by atomic mass is 32.1. The molecule has 2 N–H and O–H groups in total. The van der Waals surface area contributed by atoms with Gasteiger partial charge in [0, 0.05) is 13.1 Å². The Morgan fingerprint density at radius 2 is 2.00 bits per heavy atom. The van der Waals surface area contributed by atoms with Crippen LogP contribution in [-0.4, -0.2) is 66.5 Å². The van der Waals surface area contributed by atoms with Crippen LogP contribution in [0.1, 0.15) is 41.4 Å². The highest BCUT2D eigenvalue weighted by molar-refractivity contribution is 7.73. The first-order valence-electron chi connectivity index (χ1n) is 9.92. The fraction of sp³-hybridized carbons (Fsp3) is 0.722. The summed E-state index contributed by atoms with van der Waals surface area (Å²) in [6, 6.07) is -0.0819. The van der Waals surface area contributed by atoms with Crippen LogP contribution in [0, 0.1) is 9.87 Å². The molecule has 8 nitrogen and oxygen atoms in total. The van der Waals surface area contributed by atoms with E-state index in [4.69, 9.17) is 21.7 Å². The number of hydrogen-bond donors (Lipinski definition) is 2. The lowest BCUT2D eigenvalue weighted by Crippen LogP contribution is -2.47. The molecule has 28 heavy (non-hydrogen) atoms. The van der Waals surface area contributed by atoms with Gasteiger partial charge in [-0.05, 0) is 51.0 Å². The lowest BCUT2D eigenvalue weighted by Gasteiger charge is -2.40. The van der Waals surface area contributed by atoms with E-state index in [-0.39, 0.29) is 42.8 Å². The van der Waals surface area contributed by atoms with E-state index in [1.807, 2.05) is 4.57 Å². The van der Waals surface area contributed by atoms with Gasteiger partial charge in [-0.2, -0.15) is 0 Å². The van der Waals surface area contributed by atoms with E-state index in [1.165, 1.54) is 24.2 Å². The second kappa shape index (κ2) is 7.49. The largest absolute Gasteiger partial charge is 0.350 e. The summed E-state index contributed by atoms with van der Waals surface area (Å²) >= 11 is 6.84. The Balaban J connectivity index is 1.35. The van der Waals surface area contributed by atoms with Gasteiger partial charge in [-0.1, -0.05) is 11.3 Å². The van der Waals surface area contributed by atoms with Crippen LogP contribution < -0.4 is 10.6 Å². The summed E-state index contributed by atoms with van der Waals surface area (Å²) in [5.74, 6) is 0.106. The molecular formula is C18H24N4O4S2. The molecule has 10 heteroatoms. The average Bonchev–Trinajstić information content (AvgIpc) is 3.40. The van der Waals surface area contributed by atoms with E-state index >= 15 is 0 Å². The molecule has 4 heterocycles. The fourth-order valence-electron chi connectivity index (χ4n) is 4.83. The topological polar surface area (TPSA) is 84.8 Å². The normalized spacial score (nSPS) is 31.8. The molecule has 0 bridgehead atoms. The van der Waals surface area contributed by atoms with Gasteiger partial charge < -0.3 is 29.6 Å². The number of thiazole rings is 1. The van der Waals surface area contributed by atoms with Gasteiger partial charge in [0.2, 0.25) is 5.91 Å². The smallest absolute Gasteiger partial charge is 0.265 e. The average molecular weight is 425 g/mol. The number of hydrogen-bond acceptors (Lipinski definition) is 7. The predicted molar refractivity (Wildman–Crippen MR) is 106 cm³/mol. The molecule has 5 rings (SSSR count). The van der Waals surface area contributed by atoms with E-state index in [0.29, 0.717) is 34.0 Å². The minimum Gasteiger partial charge on any atom is -0.350 e. The second-order valence-electron chi connectivity index (χ2n) is 7.88. The highest BCUT2D eigenvalue weighted by Gasteiger charge is 2.48. The number of likely N-dealkylation sites (tertiary alicyclic amines) is 1. The van der Waals surface area contributed by atoms with Crippen LogP contribution in [0.4, 0.5) is 5.82 Å². The number of nitrogens with one attached hydrogen (secondary N) is 2. The Morgan fingerprint density at radius 1 is 1.25 bits per heavy atom. The first-order chi connectivity index (χ1) is 13.6. The summed E-state index contributed by atoms with van der Waals surface area (Å²) in [6.07, 6.45) is 3.71.